The van der Waals surface area contributed by atoms with E-state index in [1.165, 1.54) is 4.90 Å². The summed E-state index contributed by atoms with van der Waals surface area (Å²) in [7, 11) is 0. The highest BCUT2D eigenvalue weighted by Gasteiger charge is 2.53. The summed E-state index contributed by atoms with van der Waals surface area (Å²) in [6, 6.07) is 26.3. The first-order valence-electron chi connectivity index (χ1n) is 12.3. The Bertz CT molecular complexity index is 1370. The molecule has 2 atom stereocenters. The number of likely N-dealkylation sites (tertiary alicyclic amines) is 1. The van der Waals surface area contributed by atoms with Gasteiger partial charge in [0.05, 0.1) is 0 Å². The first-order chi connectivity index (χ1) is 18.9. The molecule has 4 rings (SSSR count). The van der Waals surface area contributed by atoms with E-state index in [1.807, 2.05) is 60.7 Å². The minimum atomic E-state index is -1.00. The van der Waals surface area contributed by atoms with Crippen molar-refractivity contribution in [3.05, 3.63) is 119 Å². The number of nitrogens with one attached hydrogen (secondary N) is 1. The molecule has 39 heavy (non-hydrogen) atoms. The molecule has 2 amide bonds. The summed E-state index contributed by atoms with van der Waals surface area (Å²) in [6.07, 6.45) is -1.65. The molecule has 0 bridgehead atoms. The first kappa shape index (κ1) is 27.8. The standard InChI is InChI=1S/C31H27BrN2O5/c1-21(2)26(31(37)39-27(22-13-6-3-7-14-22)23-15-8-4-9-16-23)34-29(36)25(30(34)38-20-12-19-32)33-28(35)24-17-10-5-11-18-24/h3-11,13-18,25,27,30H,20H2,1-2H3,(H,33,35)/t25-,30+/m0/s1. The van der Waals surface area contributed by atoms with Gasteiger partial charge in [-0.3, -0.25) is 14.5 Å². The number of ether oxygens (including phenoxy) is 2. The van der Waals surface area contributed by atoms with Crippen LogP contribution in [-0.4, -0.2) is 41.6 Å². The zero-order valence-electron chi connectivity index (χ0n) is 21.5. The van der Waals surface area contributed by atoms with Crippen LogP contribution in [0.4, 0.5) is 0 Å². The third kappa shape index (κ3) is 6.45. The van der Waals surface area contributed by atoms with E-state index in [-0.39, 0.29) is 12.3 Å². The molecule has 0 aliphatic carbocycles. The summed E-state index contributed by atoms with van der Waals surface area (Å²) in [5.41, 5.74) is 2.58. The molecule has 0 spiro atoms. The van der Waals surface area contributed by atoms with E-state index < -0.39 is 36.2 Å². The van der Waals surface area contributed by atoms with Gasteiger partial charge in [-0.25, -0.2) is 4.79 Å². The van der Waals surface area contributed by atoms with Crippen LogP contribution in [0.2, 0.25) is 0 Å². The minimum Gasteiger partial charge on any atom is -0.448 e. The van der Waals surface area contributed by atoms with Gasteiger partial charge in [-0.2, -0.15) is 0 Å². The summed E-state index contributed by atoms with van der Waals surface area (Å²) in [5, 5.41) is 2.72. The Morgan fingerprint density at radius 3 is 1.97 bits per heavy atom. The van der Waals surface area contributed by atoms with Gasteiger partial charge in [-0.15, -0.1) is 0 Å². The van der Waals surface area contributed by atoms with Crippen LogP contribution in [0.15, 0.2) is 102 Å². The number of halogens is 1. The van der Waals surface area contributed by atoms with E-state index in [0.29, 0.717) is 11.1 Å². The molecule has 198 valence electrons. The Hall–Kier alpha value is -4.19. The lowest BCUT2D eigenvalue weighted by Gasteiger charge is -2.46. The maximum atomic E-state index is 13.7. The van der Waals surface area contributed by atoms with Crippen molar-refractivity contribution < 1.29 is 23.9 Å². The topological polar surface area (TPSA) is 84.9 Å². The third-order valence-corrected chi connectivity index (χ3v) is 6.38. The molecular formula is C31H27BrN2O5. The average Bonchev–Trinajstić information content (AvgIpc) is 2.97. The van der Waals surface area contributed by atoms with Crippen molar-refractivity contribution in [2.75, 3.05) is 6.61 Å². The number of hydrogen-bond donors (Lipinski definition) is 1. The summed E-state index contributed by atoms with van der Waals surface area (Å²) in [5.74, 6) is 1.12. The van der Waals surface area contributed by atoms with Gasteiger partial charge in [0, 0.05) is 21.5 Å². The van der Waals surface area contributed by atoms with E-state index in [9.17, 15) is 14.4 Å². The largest absolute Gasteiger partial charge is 0.448 e. The van der Waals surface area contributed by atoms with Crippen molar-refractivity contribution in [2.24, 2.45) is 0 Å². The SMILES string of the molecule is CC(C)=C(C(=O)OC(c1ccccc1)c1ccccc1)N1C(=O)[C@H](NC(=O)c2ccccc2)[C@H]1OCC#CBr. The maximum absolute atomic E-state index is 13.7. The van der Waals surface area contributed by atoms with Gasteiger partial charge in [0.1, 0.15) is 12.3 Å². The fourth-order valence-corrected chi connectivity index (χ4v) is 4.38. The predicted molar refractivity (Wildman–Crippen MR) is 150 cm³/mol. The van der Waals surface area contributed by atoms with Crippen LogP contribution < -0.4 is 5.32 Å². The molecule has 0 aromatic heterocycles. The first-order valence-corrected chi connectivity index (χ1v) is 13.1. The molecule has 1 saturated heterocycles. The van der Waals surface area contributed by atoms with Gasteiger partial charge >= 0.3 is 5.97 Å². The molecule has 1 heterocycles. The van der Waals surface area contributed by atoms with Crippen LogP contribution in [-0.2, 0) is 19.1 Å². The normalized spacial score (nSPS) is 16.0. The smallest absolute Gasteiger partial charge is 0.356 e. The Labute approximate surface area is 235 Å². The van der Waals surface area contributed by atoms with E-state index >= 15 is 0 Å². The molecule has 0 radical (unpaired) electrons. The van der Waals surface area contributed by atoms with Gasteiger partial charge in [-0.05, 0) is 47.5 Å². The number of amides is 2. The van der Waals surface area contributed by atoms with Crippen LogP contribution in [0.25, 0.3) is 0 Å². The Morgan fingerprint density at radius 2 is 1.46 bits per heavy atom. The molecule has 7 nitrogen and oxygen atoms in total. The maximum Gasteiger partial charge on any atom is 0.356 e. The number of rotatable bonds is 9. The van der Waals surface area contributed by atoms with Gasteiger partial charge in [0.2, 0.25) is 0 Å². The molecule has 3 aromatic carbocycles. The molecule has 1 aliphatic rings. The molecule has 8 heteroatoms. The fraction of sp³-hybridized carbons (Fsp3) is 0.194. The zero-order chi connectivity index (χ0) is 27.8. The molecule has 0 unspecified atom stereocenters. The molecule has 1 fully saturated rings. The molecule has 0 saturated carbocycles. The van der Waals surface area contributed by atoms with Crippen LogP contribution in [0.5, 0.6) is 0 Å². The van der Waals surface area contributed by atoms with E-state index in [2.05, 4.69) is 32.0 Å². The highest BCUT2D eigenvalue weighted by atomic mass is 79.9. The van der Waals surface area contributed by atoms with Crippen molar-refractivity contribution in [3.8, 4) is 10.8 Å². The van der Waals surface area contributed by atoms with Crippen molar-refractivity contribution in [1.82, 2.24) is 10.2 Å². The molecular weight excluding hydrogens is 560 g/mol. The second kappa shape index (κ2) is 13.1. The number of hydrogen-bond acceptors (Lipinski definition) is 5. The second-order valence-electron chi connectivity index (χ2n) is 8.95. The number of benzene rings is 3. The molecule has 3 aromatic rings. The zero-order valence-corrected chi connectivity index (χ0v) is 23.1. The van der Waals surface area contributed by atoms with Crippen LogP contribution in [0, 0.1) is 10.8 Å². The van der Waals surface area contributed by atoms with E-state index in [0.717, 1.165) is 11.1 Å². The number of carbonyl (C=O) groups is 3. The lowest BCUT2D eigenvalue weighted by Crippen LogP contribution is -2.71. The minimum absolute atomic E-state index is 0.0286. The summed E-state index contributed by atoms with van der Waals surface area (Å²) >= 11 is 3.02. The second-order valence-corrected chi connectivity index (χ2v) is 9.35. The van der Waals surface area contributed by atoms with Gasteiger partial charge < -0.3 is 14.8 Å². The van der Waals surface area contributed by atoms with Gasteiger partial charge in [-0.1, -0.05) is 84.8 Å². The summed E-state index contributed by atoms with van der Waals surface area (Å²) < 4.78 is 11.9. The van der Waals surface area contributed by atoms with Crippen molar-refractivity contribution in [2.45, 2.75) is 32.2 Å². The fourth-order valence-electron chi connectivity index (χ4n) is 4.26. The van der Waals surface area contributed by atoms with Gasteiger partial charge in [0.15, 0.2) is 18.4 Å². The van der Waals surface area contributed by atoms with Crippen LogP contribution >= 0.6 is 15.9 Å². The summed E-state index contributed by atoms with van der Waals surface area (Å²) in [6.45, 7) is 3.41. The Balaban J connectivity index is 1.61. The lowest BCUT2D eigenvalue weighted by atomic mass is 9.99. The summed E-state index contributed by atoms with van der Waals surface area (Å²) in [4.78, 5) is 43.7. The molecule has 1 aliphatic heterocycles. The van der Waals surface area contributed by atoms with Crippen molar-refractivity contribution in [3.63, 3.8) is 0 Å². The third-order valence-electron chi connectivity index (χ3n) is 6.10. The van der Waals surface area contributed by atoms with Crippen molar-refractivity contribution >= 4 is 33.7 Å². The predicted octanol–water partition coefficient (Wildman–Crippen LogP) is 4.95. The molecule has 1 N–H and O–H groups in total. The number of carbonyl (C=O) groups excluding carboxylic acids is 3. The highest BCUT2D eigenvalue weighted by molar-refractivity contribution is 9.12. The average molecular weight is 587 g/mol. The number of β-lactam (4-membered cyclic amide) rings is 1. The van der Waals surface area contributed by atoms with Crippen LogP contribution in [0.1, 0.15) is 41.4 Å². The van der Waals surface area contributed by atoms with Crippen molar-refractivity contribution in [1.29, 1.82) is 0 Å². The number of nitrogens with zero attached hydrogens (tertiary/aromatic N) is 1. The monoisotopic (exact) mass is 586 g/mol. The number of esters is 1. The lowest BCUT2D eigenvalue weighted by molar-refractivity contribution is -0.178. The van der Waals surface area contributed by atoms with E-state index in [4.69, 9.17) is 9.47 Å². The van der Waals surface area contributed by atoms with Gasteiger partial charge in [0.25, 0.3) is 11.8 Å². The van der Waals surface area contributed by atoms with E-state index in [1.54, 1.807) is 44.2 Å². The quantitative estimate of drug-likeness (QED) is 0.166. The van der Waals surface area contributed by atoms with Crippen LogP contribution in [0.3, 0.4) is 0 Å². The Morgan fingerprint density at radius 1 is 0.923 bits per heavy atom. The number of allylic oxidation sites excluding steroid dienone is 1. The highest BCUT2D eigenvalue weighted by Crippen LogP contribution is 2.33. The Kier molecular flexibility index (Phi) is 9.31.